The summed E-state index contributed by atoms with van der Waals surface area (Å²) in [6.07, 6.45) is 1.44. The summed E-state index contributed by atoms with van der Waals surface area (Å²) in [6, 6.07) is 3.87. The third kappa shape index (κ3) is 3.17. The topological polar surface area (TPSA) is 67.4 Å². The van der Waals surface area contributed by atoms with Crippen molar-refractivity contribution in [2.24, 2.45) is 0 Å². The SMILES string of the molecule is CCOC(=O)/C=C1/CC(=O)Nc2cc(C)c(C)cc2N1. The normalized spacial score (nSPS) is 15.9. The van der Waals surface area contributed by atoms with E-state index in [1.807, 2.05) is 26.0 Å². The van der Waals surface area contributed by atoms with Crippen molar-refractivity contribution in [3.8, 4) is 0 Å². The van der Waals surface area contributed by atoms with Gasteiger partial charge in [0.2, 0.25) is 5.91 Å². The van der Waals surface area contributed by atoms with Gasteiger partial charge in [0, 0.05) is 11.8 Å². The molecule has 5 heteroatoms. The summed E-state index contributed by atoms with van der Waals surface area (Å²) in [6.45, 7) is 6.04. The second-order valence-corrected chi connectivity index (χ2v) is 4.75. The summed E-state index contributed by atoms with van der Waals surface area (Å²) >= 11 is 0. The molecule has 0 fully saturated rings. The van der Waals surface area contributed by atoms with Crippen molar-refractivity contribution >= 4 is 23.3 Å². The summed E-state index contributed by atoms with van der Waals surface area (Å²) in [5, 5.41) is 5.96. The molecular weight excluding hydrogens is 256 g/mol. The maximum atomic E-state index is 11.8. The van der Waals surface area contributed by atoms with Gasteiger partial charge in [0.05, 0.1) is 24.4 Å². The molecule has 0 spiro atoms. The van der Waals surface area contributed by atoms with Gasteiger partial charge in [-0.05, 0) is 44.0 Å². The van der Waals surface area contributed by atoms with Crippen LogP contribution in [0.2, 0.25) is 0 Å². The fraction of sp³-hybridized carbons (Fsp3) is 0.333. The molecule has 2 N–H and O–H groups in total. The summed E-state index contributed by atoms with van der Waals surface area (Å²) in [7, 11) is 0. The molecule has 1 aliphatic heterocycles. The number of amides is 1. The van der Waals surface area contributed by atoms with Gasteiger partial charge in [-0.1, -0.05) is 0 Å². The summed E-state index contributed by atoms with van der Waals surface area (Å²) < 4.78 is 4.86. The zero-order chi connectivity index (χ0) is 14.7. The Hall–Kier alpha value is -2.30. The number of esters is 1. The second kappa shape index (κ2) is 5.77. The van der Waals surface area contributed by atoms with E-state index in [0.717, 1.165) is 22.5 Å². The van der Waals surface area contributed by atoms with Crippen LogP contribution in [-0.2, 0) is 14.3 Å². The van der Waals surface area contributed by atoms with E-state index >= 15 is 0 Å². The van der Waals surface area contributed by atoms with E-state index in [0.29, 0.717) is 12.3 Å². The van der Waals surface area contributed by atoms with Gasteiger partial charge in [0.25, 0.3) is 0 Å². The highest BCUT2D eigenvalue weighted by Crippen LogP contribution is 2.30. The summed E-state index contributed by atoms with van der Waals surface area (Å²) in [4.78, 5) is 23.3. The number of rotatable bonds is 2. The van der Waals surface area contributed by atoms with E-state index < -0.39 is 5.97 Å². The van der Waals surface area contributed by atoms with E-state index in [9.17, 15) is 9.59 Å². The van der Waals surface area contributed by atoms with Gasteiger partial charge in [-0.3, -0.25) is 4.79 Å². The number of hydrogen-bond donors (Lipinski definition) is 2. The van der Waals surface area contributed by atoms with E-state index in [1.165, 1.54) is 6.08 Å². The Morgan fingerprint density at radius 3 is 2.45 bits per heavy atom. The molecule has 0 unspecified atom stereocenters. The highest BCUT2D eigenvalue weighted by Gasteiger charge is 2.17. The van der Waals surface area contributed by atoms with E-state index in [2.05, 4.69) is 10.6 Å². The summed E-state index contributed by atoms with van der Waals surface area (Å²) in [5.41, 5.74) is 4.26. The minimum Gasteiger partial charge on any atom is -0.463 e. The molecule has 1 amide bonds. The molecule has 20 heavy (non-hydrogen) atoms. The number of nitrogens with one attached hydrogen (secondary N) is 2. The fourth-order valence-electron chi connectivity index (χ4n) is 2.02. The first-order valence-corrected chi connectivity index (χ1v) is 6.55. The Bertz CT molecular complexity index is 591. The van der Waals surface area contributed by atoms with E-state index in [-0.39, 0.29) is 12.3 Å². The maximum Gasteiger partial charge on any atom is 0.332 e. The third-order valence-electron chi connectivity index (χ3n) is 3.13. The van der Waals surface area contributed by atoms with Crippen LogP contribution >= 0.6 is 0 Å². The molecule has 1 heterocycles. The van der Waals surface area contributed by atoms with E-state index in [4.69, 9.17) is 4.74 Å². The lowest BCUT2D eigenvalue weighted by atomic mass is 10.1. The molecule has 2 rings (SSSR count). The Labute approximate surface area is 118 Å². The molecule has 106 valence electrons. The smallest absolute Gasteiger partial charge is 0.332 e. The molecule has 0 atom stereocenters. The number of aryl methyl sites for hydroxylation is 2. The Kier molecular flexibility index (Phi) is 4.08. The lowest BCUT2D eigenvalue weighted by Crippen LogP contribution is -2.11. The van der Waals surface area contributed by atoms with Gasteiger partial charge in [-0.2, -0.15) is 0 Å². The van der Waals surface area contributed by atoms with Crippen molar-refractivity contribution in [3.05, 3.63) is 35.0 Å². The lowest BCUT2D eigenvalue weighted by molar-refractivity contribution is -0.137. The van der Waals surface area contributed by atoms with Gasteiger partial charge in [0.1, 0.15) is 0 Å². The van der Waals surface area contributed by atoms with Crippen LogP contribution in [0.15, 0.2) is 23.9 Å². The Balaban J connectivity index is 2.34. The zero-order valence-electron chi connectivity index (χ0n) is 11.9. The van der Waals surface area contributed by atoms with E-state index in [1.54, 1.807) is 6.92 Å². The molecule has 0 aliphatic carbocycles. The summed E-state index contributed by atoms with van der Waals surface area (Å²) in [5.74, 6) is -0.606. The van der Waals surface area contributed by atoms with Gasteiger partial charge >= 0.3 is 5.97 Å². The number of carbonyl (C=O) groups is 2. The number of carbonyl (C=O) groups excluding carboxylic acids is 2. The predicted octanol–water partition coefficient (Wildman–Crippen LogP) is 2.50. The molecule has 0 aromatic heterocycles. The highest BCUT2D eigenvalue weighted by molar-refractivity contribution is 5.99. The fourth-order valence-corrected chi connectivity index (χ4v) is 2.02. The van der Waals surface area contributed by atoms with Crippen LogP contribution in [0.3, 0.4) is 0 Å². The quantitative estimate of drug-likeness (QED) is 0.642. The van der Waals surface area contributed by atoms with Crippen molar-refractivity contribution in [1.29, 1.82) is 0 Å². The van der Waals surface area contributed by atoms with Crippen LogP contribution < -0.4 is 10.6 Å². The standard InChI is InChI=1S/C15H18N2O3/c1-4-20-15(19)8-11-7-14(18)17-13-6-10(3)9(2)5-12(13)16-11/h5-6,8,16H,4,7H2,1-3H3,(H,17,18)/b11-8-. The van der Waals surface area contributed by atoms with Crippen LogP contribution in [-0.4, -0.2) is 18.5 Å². The van der Waals surface area contributed by atoms with Crippen molar-refractivity contribution in [2.75, 3.05) is 17.2 Å². The van der Waals surface area contributed by atoms with Crippen LogP contribution in [0.1, 0.15) is 24.5 Å². The van der Waals surface area contributed by atoms with Crippen molar-refractivity contribution in [1.82, 2.24) is 0 Å². The van der Waals surface area contributed by atoms with Gasteiger partial charge < -0.3 is 15.4 Å². The molecule has 0 bridgehead atoms. The molecular formula is C15H18N2O3. The second-order valence-electron chi connectivity index (χ2n) is 4.75. The third-order valence-corrected chi connectivity index (χ3v) is 3.13. The highest BCUT2D eigenvalue weighted by atomic mass is 16.5. The average Bonchev–Trinajstić information content (AvgIpc) is 2.48. The molecule has 1 aromatic carbocycles. The Morgan fingerprint density at radius 1 is 1.25 bits per heavy atom. The first-order chi connectivity index (χ1) is 9.49. The largest absolute Gasteiger partial charge is 0.463 e. The molecule has 1 aliphatic rings. The monoisotopic (exact) mass is 274 g/mol. The molecule has 1 aromatic rings. The Morgan fingerprint density at radius 2 is 1.85 bits per heavy atom. The van der Waals surface area contributed by atoms with Crippen molar-refractivity contribution < 1.29 is 14.3 Å². The lowest BCUT2D eigenvalue weighted by Gasteiger charge is -2.11. The van der Waals surface area contributed by atoms with Crippen LogP contribution in [0.25, 0.3) is 0 Å². The minimum absolute atomic E-state index is 0.117. The molecule has 5 nitrogen and oxygen atoms in total. The van der Waals surface area contributed by atoms with Gasteiger partial charge in [-0.25, -0.2) is 4.79 Å². The number of ether oxygens (including phenoxy) is 1. The van der Waals surface area contributed by atoms with Crippen LogP contribution in [0, 0.1) is 13.8 Å². The van der Waals surface area contributed by atoms with Gasteiger partial charge in [0.15, 0.2) is 0 Å². The molecule has 0 radical (unpaired) electrons. The maximum absolute atomic E-state index is 11.8. The van der Waals surface area contributed by atoms with Crippen molar-refractivity contribution in [3.63, 3.8) is 0 Å². The number of fused-ring (bicyclic) bond motifs is 1. The first-order valence-electron chi connectivity index (χ1n) is 6.55. The van der Waals surface area contributed by atoms with Crippen molar-refractivity contribution in [2.45, 2.75) is 27.2 Å². The predicted molar refractivity (Wildman–Crippen MR) is 77.5 cm³/mol. The van der Waals surface area contributed by atoms with Crippen LogP contribution in [0.5, 0.6) is 0 Å². The number of anilines is 2. The van der Waals surface area contributed by atoms with Gasteiger partial charge in [-0.15, -0.1) is 0 Å². The average molecular weight is 274 g/mol. The number of benzene rings is 1. The molecule has 0 saturated heterocycles. The molecule has 0 saturated carbocycles. The van der Waals surface area contributed by atoms with Crippen LogP contribution in [0.4, 0.5) is 11.4 Å². The number of hydrogen-bond acceptors (Lipinski definition) is 4. The minimum atomic E-state index is -0.449. The first kappa shape index (κ1) is 14.1. The zero-order valence-corrected chi connectivity index (χ0v) is 11.9.